The van der Waals surface area contributed by atoms with Crippen LogP contribution < -0.4 is 10.6 Å². The number of halogens is 1. The molecule has 188 valence electrons. The van der Waals surface area contributed by atoms with Crippen molar-refractivity contribution in [1.29, 1.82) is 0 Å². The van der Waals surface area contributed by atoms with Gasteiger partial charge in [0.15, 0.2) is 6.10 Å². The van der Waals surface area contributed by atoms with Gasteiger partial charge in [0.05, 0.1) is 7.11 Å². The topological polar surface area (TPSA) is 156 Å². The summed E-state index contributed by atoms with van der Waals surface area (Å²) in [6, 6.07) is -2.28. The molecule has 0 radical (unpaired) electrons. The van der Waals surface area contributed by atoms with Crippen LogP contribution in [0.5, 0.6) is 0 Å². The highest BCUT2D eigenvalue weighted by Gasteiger charge is 2.70. The predicted octanol–water partition coefficient (Wildman–Crippen LogP) is 0.507. The molecule has 1 saturated heterocycles. The van der Waals surface area contributed by atoms with E-state index in [1.54, 1.807) is 13.8 Å². The molecule has 0 aromatic carbocycles. The Morgan fingerprint density at radius 3 is 2.09 bits per heavy atom. The highest BCUT2D eigenvalue weighted by Crippen LogP contribution is 2.44. The average molecular weight is 478 g/mol. The second-order valence-corrected chi connectivity index (χ2v) is 7.50. The molecule has 12 nitrogen and oxygen atoms in total. The molecule has 0 aromatic heterocycles. The third-order valence-electron chi connectivity index (χ3n) is 4.98. The monoisotopic (exact) mass is 478 g/mol. The Kier molecular flexibility index (Phi) is 9.57. The lowest BCUT2D eigenvalue weighted by atomic mass is 9.78. The fourth-order valence-electron chi connectivity index (χ4n) is 3.76. The van der Waals surface area contributed by atoms with Gasteiger partial charge in [-0.1, -0.05) is 6.92 Å². The van der Waals surface area contributed by atoms with E-state index in [1.807, 2.05) is 0 Å². The predicted molar refractivity (Wildman–Crippen MR) is 108 cm³/mol. The quantitative estimate of drug-likeness (QED) is 0.372. The maximum Gasteiger partial charge on any atom is 0.383 e. The van der Waals surface area contributed by atoms with E-state index < -0.39 is 65.7 Å². The number of rotatable bonds is 8. The minimum atomic E-state index is -3.03. The van der Waals surface area contributed by atoms with Gasteiger partial charge in [0.2, 0.25) is 6.17 Å². The Balaban J connectivity index is 3.83. The lowest BCUT2D eigenvalue weighted by Gasteiger charge is -2.54. The van der Waals surface area contributed by atoms with Crippen molar-refractivity contribution in [3.8, 4) is 0 Å². The van der Waals surface area contributed by atoms with E-state index in [9.17, 15) is 24.0 Å². The van der Waals surface area contributed by atoms with Gasteiger partial charge in [-0.15, -0.1) is 0 Å². The van der Waals surface area contributed by atoms with E-state index in [4.69, 9.17) is 18.9 Å². The molecule has 1 aliphatic heterocycles. The lowest BCUT2D eigenvalue weighted by molar-refractivity contribution is -0.349. The fraction of sp³-hybridized carbons (Fsp3) is 0.750. The van der Waals surface area contributed by atoms with E-state index in [1.165, 1.54) is 6.92 Å². The zero-order valence-electron chi connectivity index (χ0n) is 19.7. The Hall–Kier alpha value is -2.96. The van der Waals surface area contributed by atoms with Gasteiger partial charge in [0.1, 0.15) is 17.7 Å². The lowest BCUT2D eigenvalue weighted by Crippen LogP contribution is -2.78. The first-order valence-electron chi connectivity index (χ1n) is 10.3. The summed E-state index contributed by atoms with van der Waals surface area (Å²) in [6.45, 7) is 7.73. The van der Waals surface area contributed by atoms with Gasteiger partial charge >= 0.3 is 35.7 Å². The molecule has 2 N–H and O–H groups in total. The van der Waals surface area contributed by atoms with E-state index in [-0.39, 0.29) is 13.0 Å². The number of nitrogens with one attached hydrogen (secondary N) is 2. The number of esters is 4. The van der Waals surface area contributed by atoms with E-state index in [2.05, 4.69) is 15.4 Å². The fourth-order valence-corrected chi connectivity index (χ4v) is 3.76. The van der Waals surface area contributed by atoms with Crippen molar-refractivity contribution < 1.29 is 52.0 Å². The molecule has 1 rings (SSSR count). The van der Waals surface area contributed by atoms with Crippen LogP contribution in [0.25, 0.3) is 0 Å². The Labute approximate surface area is 190 Å². The van der Waals surface area contributed by atoms with Gasteiger partial charge in [-0.05, 0) is 20.3 Å². The van der Waals surface area contributed by atoms with Crippen molar-refractivity contribution in [3.05, 3.63) is 0 Å². The highest BCUT2D eigenvalue weighted by atomic mass is 19.1. The van der Waals surface area contributed by atoms with E-state index in [0.717, 1.165) is 27.9 Å². The summed E-state index contributed by atoms with van der Waals surface area (Å²) < 4.78 is 41.8. The van der Waals surface area contributed by atoms with Crippen LogP contribution >= 0.6 is 0 Å². The second kappa shape index (κ2) is 11.3. The van der Waals surface area contributed by atoms with Crippen molar-refractivity contribution in [2.24, 2.45) is 0 Å². The number of alkyl halides is 1. The summed E-state index contributed by atoms with van der Waals surface area (Å²) in [5, 5.41) is 4.91. The van der Waals surface area contributed by atoms with Crippen LogP contribution in [0.4, 0.5) is 9.18 Å². The molecule has 0 saturated carbocycles. The highest BCUT2D eigenvalue weighted by molar-refractivity contribution is 5.83. The number of urea groups is 1. The molecule has 1 unspecified atom stereocenters. The number of carbonyl (C=O) groups excluding carboxylic acids is 5. The Morgan fingerprint density at radius 2 is 1.67 bits per heavy atom. The van der Waals surface area contributed by atoms with Crippen LogP contribution in [0.1, 0.15) is 48.0 Å². The molecule has 1 aliphatic rings. The van der Waals surface area contributed by atoms with Gasteiger partial charge in [0, 0.05) is 27.3 Å². The molecule has 0 aliphatic carbocycles. The number of amides is 2. The van der Waals surface area contributed by atoms with Crippen molar-refractivity contribution in [3.63, 3.8) is 0 Å². The minimum Gasteiger partial charge on any atom is -0.464 e. The first-order chi connectivity index (χ1) is 15.3. The van der Waals surface area contributed by atoms with Crippen molar-refractivity contribution in [2.75, 3.05) is 13.7 Å². The molecule has 13 heteroatoms. The SMILES string of the molecule is CCNC(=O)N[C@@H]1[C@H](OC(C)=O)C(F)[C@](OC(C)=O)(C(=O)OC)O[C@]1(C)[C@@H](CC)OC(C)=O. The van der Waals surface area contributed by atoms with Crippen molar-refractivity contribution in [2.45, 2.75) is 83.8 Å². The summed E-state index contributed by atoms with van der Waals surface area (Å²) in [7, 11) is 0.907. The summed E-state index contributed by atoms with van der Waals surface area (Å²) in [5.41, 5.74) is -1.95. The smallest absolute Gasteiger partial charge is 0.383 e. The third-order valence-corrected chi connectivity index (χ3v) is 4.98. The normalized spacial score (nSPS) is 29.8. The number of hydrogen-bond donors (Lipinski definition) is 2. The maximum absolute atomic E-state index is 15.9. The van der Waals surface area contributed by atoms with Crippen LogP contribution in [-0.2, 0) is 42.9 Å². The second-order valence-electron chi connectivity index (χ2n) is 7.50. The number of carbonyl (C=O) groups is 5. The molecular formula is C20H31FN2O10. The van der Waals surface area contributed by atoms with Crippen LogP contribution in [0.3, 0.4) is 0 Å². The third kappa shape index (κ3) is 6.09. The molecule has 1 heterocycles. The van der Waals surface area contributed by atoms with E-state index in [0.29, 0.717) is 0 Å². The molecule has 2 amide bonds. The largest absolute Gasteiger partial charge is 0.464 e. The zero-order valence-corrected chi connectivity index (χ0v) is 19.7. The Bertz CT molecular complexity index is 778. The van der Waals surface area contributed by atoms with Gasteiger partial charge < -0.3 is 34.3 Å². The summed E-state index contributed by atoms with van der Waals surface area (Å²) in [6.07, 6.45) is -5.70. The first kappa shape index (κ1) is 28.1. The van der Waals surface area contributed by atoms with Crippen molar-refractivity contribution >= 4 is 29.9 Å². The van der Waals surface area contributed by atoms with Crippen LogP contribution in [-0.4, -0.2) is 79.4 Å². The number of ether oxygens (including phenoxy) is 5. The minimum absolute atomic E-state index is 0.0602. The van der Waals surface area contributed by atoms with Gasteiger partial charge in [-0.2, -0.15) is 0 Å². The number of hydrogen-bond acceptors (Lipinski definition) is 10. The van der Waals surface area contributed by atoms with E-state index >= 15 is 4.39 Å². The standard InChI is InChI=1S/C20H31FN2O10/c1-8-13(30-10(3)24)19(6)16(23-18(28)22-9-2)14(31-11(4)25)15(21)20(33-19,17(27)29-7)32-12(5)26/h13-16H,8-9H2,1-7H3,(H2,22,23,28)/t13-,14-,15?,16-,19-,20-/m1/s1. The molecule has 33 heavy (non-hydrogen) atoms. The van der Waals surface area contributed by atoms with Crippen LogP contribution in [0.15, 0.2) is 0 Å². The molecular weight excluding hydrogens is 447 g/mol. The zero-order chi connectivity index (χ0) is 25.6. The van der Waals surface area contributed by atoms with Crippen LogP contribution in [0, 0.1) is 0 Å². The summed E-state index contributed by atoms with van der Waals surface area (Å²) >= 11 is 0. The van der Waals surface area contributed by atoms with Crippen molar-refractivity contribution in [1.82, 2.24) is 10.6 Å². The van der Waals surface area contributed by atoms with Gasteiger partial charge in [0.25, 0.3) is 0 Å². The molecule has 0 aromatic rings. The number of methoxy groups -OCH3 is 1. The molecule has 6 atom stereocenters. The molecule has 0 bridgehead atoms. The van der Waals surface area contributed by atoms with Crippen LogP contribution in [0.2, 0.25) is 0 Å². The average Bonchev–Trinajstić information content (AvgIpc) is 2.71. The summed E-state index contributed by atoms with van der Waals surface area (Å²) in [5.74, 6) is -7.28. The maximum atomic E-state index is 15.9. The Morgan fingerprint density at radius 1 is 1.06 bits per heavy atom. The molecule has 0 spiro atoms. The van der Waals surface area contributed by atoms with Gasteiger partial charge in [-0.3, -0.25) is 14.4 Å². The van der Waals surface area contributed by atoms with Gasteiger partial charge in [-0.25, -0.2) is 14.0 Å². The first-order valence-corrected chi connectivity index (χ1v) is 10.3. The summed E-state index contributed by atoms with van der Waals surface area (Å²) in [4.78, 5) is 60.5. The molecule has 1 fully saturated rings.